The highest BCUT2D eigenvalue weighted by molar-refractivity contribution is 5.85. The Morgan fingerprint density at radius 1 is 1.26 bits per heavy atom. The van der Waals surface area contributed by atoms with Crippen LogP contribution in [0.25, 0.3) is 0 Å². The maximum atomic E-state index is 12.1. The summed E-state index contributed by atoms with van der Waals surface area (Å²) in [4.78, 5) is 2.25. The van der Waals surface area contributed by atoms with Crippen molar-refractivity contribution in [2.75, 3.05) is 20.2 Å². The van der Waals surface area contributed by atoms with Gasteiger partial charge < -0.3 is 15.2 Å². The van der Waals surface area contributed by atoms with Gasteiger partial charge in [0.15, 0.2) is 0 Å². The second-order valence-electron chi connectivity index (χ2n) is 5.43. The van der Waals surface area contributed by atoms with E-state index in [-0.39, 0.29) is 30.3 Å². The molecule has 2 rings (SSSR count). The molecule has 0 aliphatic carbocycles. The van der Waals surface area contributed by atoms with E-state index < -0.39 is 6.36 Å². The van der Waals surface area contributed by atoms with Crippen LogP contribution in [0.3, 0.4) is 0 Å². The fourth-order valence-corrected chi connectivity index (χ4v) is 2.76. The van der Waals surface area contributed by atoms with Crippen molar-refractivity contribution in [1.29, 1.82) is 0 Å². The Kier molecular flexibility index (Phi) is 7.60. The van der Waals surface area contributed by atoms with Crippen LogP contribution in [0.5, 0.6) is 5.75 Å². The van der Waals surface area contributed by atoms with E-state index in [2.05, 4.69) is 9.64 Å². The van der Waals surface area contributed by atoms with E-state index >= 15 is 0 Å². The first-order chi connectivity index (χ1) is 10.4. The van der Waals surface area contributed by atoms with Gasteiger partial charge in [0.05, 0.1) is 6.10 Å². The Morgan fingerprint density at radius 2 is 1.91 bits per heavy atom. The number of benzene rings is 1. The molecule has 0 aromatic heterocycles. The van der Waals surface area contributed by atoms with Crippen molar-refractivity contribution in [2.24, 2.45) is 5.73 Å². The van der Waals surface area contributed by atoms with Gasteiger partial charge >= 0.3 is 6.36 Å². The first-order valence-electron chi connectivity index (χ1n) is 7.23. The van der Waals surface area contributed by atoms with Crippen LogP contribution in [0.15, 0.2) is 24.3 Å². The summed E-state index contributed by atoms with van der Waals surface area (Å²) in [7, 11) is 1.70. The fraction of sp³-hybridized carbons (Fsp3) is 0.600. The molecule has 2 unspecified atom stereocenters. The van der Waals surface area contributed by atoms with Gasteiger partial charge in [0.1, 0.15) is 5.75 Å². The summed E-state index contributed by atoms with van der Waals surface area (Å²) in [5, 5.41) is 0. The molecular formula is C15H22ClF3N2O2. The summed E-state index contributed by atoms with van der Waals surface area (Å²) >= 11 is 0. The first kappa shape index (κ1) is 20.0. The van der Waals surface area contributed by atoms with Crippen LogP contribution in [0, 0.1) is 0 Å². The molecule has 0 amide bonds. The minimum absolute atomic E-state index is 0. The molecule has 23 heavy (non-hydrogen) atoms. The van der Waals surface area contributed by atoms with Crippen LogP contribution >= 0.6 is 12.4 Å². The van der Waals surface area contributed by atoms with Crippen molar-refractivity contribution >= 4 is 12.4 Å². The van der Waals surface area contributed by atoms with Gasteiger partial charge in [0.2, 0.25) is 0 Å². The zero-order valence-corrected chi connectivity index (χ0v) is 13.7. The zero-order valence-electron chi connectivity index (χ0n) is 12.9. The fourth-order valence-electron chi connectivity index (χ4n) is 2.76. The molecule has 0 bridgehead atoms. The van der Waals surface area contributed by atoms with Crippen LogP contribution in [0.2, 0.25) is 0 Å². The molecule has 1 aliphatic rings. The van der Waals surface area contributed by atoms with Crippen LogP contribution < -0.4 is 10.5 Å². The van der Waals surface area contributed by atoms with E-state index in [1.54, 1.807) is 19.2 Å². The number of nitrogens with two attached hydrogens (primary N) is 1. The first-order valence-corrected chi connectivity index (χ1v) is 7.23. The Labute approximate surface area is 140 Å². The highest BCUT2D eigenvalue weighted by atomic mass is 35.5. The van der Waals surface area contributed by atoms with Gasteiger partial charge in [-0.15, -0.1) is 25.6 Å². The van der Waals surface area contributed by atoms with E-state index in [4.69, 9.17) is 10.5 Å². The van der Waals surface area contributed by atoms with Crippen molar-refractivity contribution < 1.29 is 22.6 Å². The molecule has 2 N–H and O–H groups in total. The average Bonchev–Trinajstić information content (AvgIpc) is 2.48. The zero-order chi connectivity index (χ0) is 16.2. The van der Waals surface area contributed by atoms with Gasteiger partial charge in [-0.2, -0.15) is 0 Å². The minimum Gasteiger partial charge on any atom is -0.406 e. The van der Waals surface area contributed by atoms with Gasteiger partial charge in [0.25, 0.3) is 0 Å². The second-order valence-corrected chi connectivity index (χ2v) is 5.43. The molecule has 1 aromatic carbocycles. The average molecular weight is 355 g/mol. The Hall–Kier alpha value is -1.02. The van der Waals surface area contributed by atoms with E-state index in [1.165, 1.54) is 12.1 Å². The predicted molar refractivity (Wildman–Crippen MR) is 83.7 cm³/mol. The molecule has 2 atom stereocenters. The Morgan fingerprint density at radius 3 is 2.43 bits per heavy atom. The van der Waals surface area contributed by atoms with Crippen molar-refractivity contribution in [2.45, 2.75) is 37.9 Å². The number of methoxy groups -OCH3 is 1. The Balaban J connectivity index is 0.00000264. The monoisotopic (exact) mass is 354 g/mol. The summed E-state index contributed by atoms with van der Waals surface area (Å²) in [6.07, 6.45) is -2.62. The summed E-state index contributed by atoms with van der Waals surface area (Å²) in [5.74, 6) is -0.204. The lowest BCUT2D eigenvalue weighted by Crippen LogP contribution is -2.47. The van der Waals surface area contributed by atoms with Gasteiger partial charge in [-0.3, -0.25) is 4.90 Å². The van der Waals surface area contributed by atoms with E-state index in [1.807, 2.05) is 0 Å². The van der Waals surface area contributed by atoms with Crippen molar-refractivity contribution in [3.05, 3.63) is 29.8 Å². The molecule has 1 fully saturated rings. The lowest BCUT2D eigenvalue weighted by Gasteiger charge is -2.38. The number of alkyl halides is 3. The lowest BCUT2D eigenvalue weighted by molar-refractivity contribution is -0.274. The van der Waals surface area contributed by atoms with Gasteiger partial charge in [-0.05, 0) is 30.5 Å². The van der Waals surface area contributed by atoms with Crippen LogP contribution in [0.1, 0.15) is 18.4 Å². The summed E-state index contributed by atoms with van der Waals surface area (Å²) < 4.78 is 45.6. The maximum Gasteiger partial charge on any atom is 0.573 e. The number of rotatable bonds is 5. The molecule has 8 heteroatoms. The second kappa shape index (κ2) is 8.73. The van der Waals surface area contributed by atoms with Crippen molar-refractivity contribution in [1.82, 2.24) is 4.90 Å². The van der Waals surface area contributed by atoms with E-state index in [0.717, 1.165) is 24.9 Å². The van der Waals surface area contributed by atoms with Crippen molar-refractivity contribution in [3.63, 3.8) is 0 Å². The molecule has 1 aromatic rings. The summed E-state index contributed by atoms with van der Waals surface area (Å²) in [5.41, 5.74) is 6.75. The molecule has 0 spiro atoms. The normalized spacial score (nSPS) is 22.5. The molecule has 0 saturated carbocycles. The lowest BCUT2D eigenvalue weighted by atomic mass is 9.98. The maximum absolute atomic E-state index is 12.1. The van der Waals surface area contributed by atoms with Crippen molar-refractivity contribution in [3.8, 4) is 5.75 Å². The van der Waals surface area contributed by atoms with Gasteiger partial charge in [0, 0.05) is 32.8 Å². The molecule has 1 heterocycles. The third-order valence-electron chi connectivity index (χ3n) is 3.94. The molecular weight excluding hydrogens is 333 g/mol. The standard InChI is InChI=1S/C15H21F3N2O2.ClH/c1-21-14-6-7-20(12(8-14)9-19)10-11-2-4-13(5-3-11)22-15(16,17)18;/h2-5,12,14H,6-10,19H2,1H3;1H. The van der Waals surface area contributed by atoms with Crippen LogP contribution in [-0.4, -0.2) is 43.6 Å². The van der Waals surface area contributed by atoms with Gasteiger partial charge in [-0.1, -0.05) is 12.1 Å². The minimum atomic E-state index is -4.66. The smallest absolute Gasteiger partial charge is 0.406 e. The van der Waals surface area contributed by atoms with Gasteiger partial charge in [-0.25, -0.2) is 0 Å². The number of hydrogen-bond acceptors (Lipinski definition) is 4. The molecule has 132 valence electrons. The third-order valence-corrected chi connectivity index (χ3v) is 3.94. The third kappa shape index (κ3) is 6.18. The number of ether oxygens (including phenoxy) is 2. The highest BCUT2D eigenvalue weighted by Crippen LogP contribution is 2.25. The molecule has 4 nitrogen and oxygen atoms in total. The topological polar surface area (TPSA) is 47.7 Å². The van der Waals surface area contributed by atoms with E-state index in [9.17, 15) is 13.2 Å². The Bertz CT molecular complexity index is 471. The van der Waals surface area contributed by atoms with E-state index in [0.29, 0.717) is 13.1 Å². The number of hydrogen-bond donors (Lipinski definition) is 1. The number of nitrogens with zero attached hydrogens (tertiary/aromatic N) is 1. The molecule has 0 radical (unpaired) electrons. The number of halogens is 4. The molecule has 1 saturated heterocycles. The molecule has 1 aliphatic heterocycles. The quantitative estimate of drug-likeness (QED) is 0.883. The number of piperidine rings is 1. The number of likely N-dealkylation sites (tertiary alicyclic amines) is 1. The SMILES string of the molecule is COC1CCN(Cc2ccc(OC(F)(F)F)cc2)C(CN)C1.Cl. The highest BCUT2D eigenvalue weighted by Gasteiger charge is 2.31. The van der Waals surface area contributed by atoms with Crippen LogP contribution in [-0.2, 0) is 11.3 Å². The largest absolute Gasteiger partial charge is 0.573 e. The summed E-state index contributed by atoms with van der Waals surface area (Å²) in [6.45, 7) is 2.06. The summed E-state index contributed by atoms with van der Waals surface area (Å²) in [6, 6.07) is 6.20. The van der Waals surface area contributed by atoms with Crippen LogP contribution in [0.4, 0.5) is 13.2 Å². The predicted octanol–water partition coefficient (Wildman–Crippen LogP) is 2.95.